The van der Waals surface area contributed by atoms with Gasteiger partial charge in [-0.2, -0.15) is 0 Å². The van der Waals surface area contributed by atoms with Crippen LogP contribution in [-0.4, -0.2) is 36.3 Å². The molecule has 2 aliphatic rings. The van der Waals surface area contributed by atoms with Gasteiger partial charge in [0.15, 0.2) is 11.5 Å². The van der Waals surface area contributed by atoms with Gasteiger partial charge in [0.1, 0.15) is 11.2 Å². The van der Waals surface area contributed by atoms with Crippen molar-refractivity contribution in [1.29, 1.82) is 0 Å². The van der Waals surface area contributed by atoms with Gasteiger partial charge in [-0.1, -0.05) is 12.1 Å². The Balaban J connectivity index is 1.47. The molecule has 1 atom stereocenters. The van der Waals surface area contributed by atoms with Crippen LogP contribution in [0, 0.1) is 0 Å². The molecular formula is C21H17N5O2S. The van der Waals surface area contributed by atoms with E-state index < -0.39 is 6.04 Å². The molecule has 1 aliphatic heterocycles. The first kappa shape index (κ1) is 16.8. The first-order chi connectivity index (χ1) is 14.1. The highest BCUT2D eigenvalue weighted by Gasteiger charge is 2.40. The Morgan fingerprint density at radius 2 is 1.79 bits per heavy atom. The van der Waals surface area contributed by atoms with Gasteiger partial charge in [-0.15, -0.1) is 16.4 Å². The van der Waals surface area contributed by atoms with Crippen LogP contribution in [0.25, 0.3) is 15.9 Å². The van der Waals surface area contributed by atoms with Gasteiger partial charge >= 0.3 is 0 Å². The van der Waals surface area contributed by atoms with Gasteiger partial charge in [0, 0.05) is 4.88 Å². The molecule has 0 saturated heterocycles. The summed E-state index contributed by atoms with van der Waals surface area (Å²) in [6.07, 6.45) is 6.18. The van der Waals surface area contributed by atoms with E-state index in [1.165, 1.54) is 28.2 Å². The predicted molar refractivity (Wildman–Crippen MR) is 108 cm³/mol. The lowest BCUT2D eigenvalue weighted by Gasteiger charge is -2.19. The lowest BCUT2D eigenvalue weighted by Crippen LogP contribution is -2.33. The maximum Gasteiger partial charge on any atom is 0.262 e. The van der Waals surface area contributed by atoms with E-state index >= 15 is 0 Å². The topological polar surface area (TPSA) is 80.5 Å². The van der Waals surface area contributed by atoms with Crippen molar-refractivity contribution in [3.63, 3.8) is 0 Å². The number of nitrogens with zero attached hydrogens (tertiary/aromatic N) is 5. The van der Waals surface area contributed by atoms with Gasteiger partial charge in [0.25, 0.3) is 11.8 Å². The van der Waals surface area contributed by atoms with Crippen molar-refractivity contribution in [1.82, 2.24) is 24.5 Å². The quantitative estimate of drug-likeness (QED) is 0.478. The molecule has 0 saturated carbocycles. The van der Waals surface area contributed by atoms with Gasteiger partial charge in [0.05, 0.1) is 22.6 Å². The third kappa shape index (κ3) is 2.26. The Hall–Kier alpha value is -3.13. The van der Waals surface area contributed by atoms with Crippen molar-refractivity contribution in [2.75, 3.05) is 0 Å². The molecule has 4 aromatic rings. The number of carbonyl (C=O) groups excluding carboxylic acids is 2. The Morgan fingerprint density at radius 3 is 2.55 bits per heavy atom. The van der Waals surface area contributed by atoms with E-state index in [2.05, 4.69) is 10.1 Å². The average Bonchev–Trinajstić information content (AvgIpc) is 3.40. The van der Waals surface area contributed by atoms with Gasteiger partial charge in [0.2, 0.25) is 0 Å². The van der Waals surface area contributed by atoms with E-state index in [1.54, 1.807) is 53.4 Å². The van der Waals surface area contributed by atoms with Crippen LogP contribution in [0.5, 0.6) is 0 Å². The number of aromatic nitrogens is 4. The number of thiophene rings is 1. The second-order valence-corrected chi connectivity index (χ2v) is 8.66. The highest BCUT2D eigenvalue weighted by molar-refractivity contribution is 7.19. The normalized spacial score (nSPS) is 17.2. The molecule has 7 nitrogen and oxygen atoms in total. The maximum atomic E-state index is 12.8. The second kappa shape index (κ2) is 5.93. The molecule has 1 aromatic carbocycles. The molecule has 6 rings (SSSR count). The summed E-state index contributed by atoms with van der Waals surface area (Å²) in [5.41, 5.74) is 2.96. The summed E-state index contributed by atoms with van der Waals surface area (Å²) < 4.78 is 1.67. The molecular weight excluding hydrogens is 386 g/mol. The first-order valence-electron chi connectivity index (χ1n) is 9.76. The number of amides is 2. The molecule has 2 amide bonds. The van der Waals surface area contributed by atoms with Crippen LogP contribution in [-0.2, 0) is 12.8 Å². The summed E-state index contributed by atoms with van der Waals surface area (Å²) in [4.78, 5) is 38.6. The third-order valence-corrected chi connectivity index (χ3v) is 7.09. The lowest BCUT2D eigenvalue weighted by molar-refractivity contribution is 0.0589. The Labute approximate surface area is 170 Å². The van der Waals surface area contributed by atoms with E-state index in [0.717, 1.165) is 28.7 Å². The SMILES string of the molecule is CC(c1nc2c3c4c(sc3ncn2n1)CCCC4)N1C(=O)c2ccccc2C1=O. The van der Waals surface area contributed by atoms with E-state index in [4.69, 9.17) is 4.98 Å². The number of rotatable bonds is 2. The summed E-state index contributed by atoms with van der Waals surface area (Å²) >= 11 is 1.74. The number of aryl methyl sites for hydroxylation is 2. The molecule has 29 heavy (non-hydrogen) atoms. The van der Waals surface area contributed by atoms with Crippen LogP contribution < -0.4 is 0 Å². The van der Waals surface area contributed by atoms with Crippen molar-refractivity contribution in [2.24, 2.45) is 0 Å². The minimum atomic E-state index is -0.563. The van der Waals surface area contributed by atoms with E-state index in [-0.39, 0.29) is 11.8 Å². The molecule has 0 N–H and O–H groups in total. The molecule has 0 fully saturated rings. The minimum Gasteiger partial charge on any atom is -0.269 e. The Morgan fingerprint density at radius 1 is 1.07 bits per heavy atom. The fourth-order valence-corrected chi connectivity index (χ4v) is 5.65. The molecule has 8 heteroatoms. The van der Waals surface area contributed by atoms with Gasteiger partial charge < -0.3 is 0 Å². The van der Waals surface area contributed by atoms with Gasteiger partial charge in [-0.3, -0.25) is 14.5 Å². The highest BCUT2D eigenvalue weighted by atomic mass is 32.1. The van der Waals surface area contributed by atoms with Crippen LogP contribution >= 0.6 is 11.3 Å². The Bertz CT molecular complexity index is 1300. The number of hydrogen-bond acceptors (Lipinski definition) is 6. The monoisotopic (exact) mass is 403 g/mol. The van der Waals surface area contributed by atoms with Crippen molar-refractivity contribution < 1.29 is 9.59 Å². The number of fused-ring (bicyclic) bond motifs is 6. The van der Waals surface area contributed by atoms with Crippen LogP contribution in [0.2, 0.25) is 0 Å². The van der Waals surface area contributed by atoms with Gasteiger partial charge in [-0.05, 0) is 50.3 Å². The maximum absolute atomic E-state index is 12.8. The number of imide groups is 1. The average molecular weight is 403 g/mol. The Kier molecular flexibility index (Phi) is 3.44. The number of carbonyl (C=O) groups is 2. The van der Waals surface area contributed by atoms with Crippen LogP contribution in [0.4, 0.5) is 0 Å². The van der Waals surface area contributed by atoms with Crippen molar-refractivity contribution in [3.8, 4) is 0 Å². The largest absolute Gasteiger partial charge is 0.269 e. The molecule has 1 aliphatic carbocycles. The van der Waals surface area contributed by atoms with Crippen molar-refractivity contribution >= 4 is 39.0 Å². The predicted octanol–water partition coefficient (Wildman–Crippen LogP) is 3.58. The van der Waals surface area contributed by atoms with Crippen molar-refractivity contribution in [2.45, 2.75) is 38.6 Å². The summed E-state index contributed by atoms with van der Waals surface area (Å²) in [5, 5.41) is 5.64. The summed E-state index contributed by atoms with van der Waals surface area (Å²) in [6, 6.07) is 6.34. The number of benzene rings is 1. The molecule has 1 unspecified atom stereocenters. The zero-order valence-corrected chi connectivity index (χ0v) is 16.6. The summed E-state index contributed by atoms with van der Waals surface area (Å²) in [5.74, 6) is -0.147. The fourth-order valence-electron chi connectivity index (χ4n) is 4.42. The summed E-state index contributed by atoms with van der Waals surface area (Å²) in [7, 11) is 0. The smallest absolute Gasteiger partial charge is 0.262 e. The lowest BCUT2D eigenvalue weighted by atomic mass is 9.97. The standard InChI is InChI=1S/C21H17N5O2S/c1-11(26-20(27)12-6-2-3-7-13(12)21(26)28)17-23-18-16-14-8-4-5-9-15(14)29-19(16)22-10-25(18)24-17/h2-3,6-7,10-11H,4-5,8-9H2,1H3. The van der Waals surface area contributed by atoms with Crippen LogP contribution in [0.3, 0.4) is 0 Å². The molecule has 0 spiro atoms. The molecule has 144 valence electrons. The van der Waals surface area contributed by atoms with E-state index in [1.807, 2.05) is 0 Å². The van der Waals surface area contributed by atoms with Gasteiger partial charge in [-0.25, -0.2) is 14.5 Å². The highest BCUT2D eigenvalue weighted by Crippen LogP contribution is 2.37. The van der Waals surface area contributed by atoms with Crippen molar-refractivity contribution in [3.05, 3.63) is 58.0 Å². The first-order valence-corrected chi connectivity index (χ1v) is 10.6. The minimum absolute atomic E-state index is 0.298. The van der Waals surface area contributed by atoms with E-state index in [9.17, 15) is 9.59 Å². The molecule has 4 heterocycles. The second-order valence-electron chi connectivity index (χ2n) is 7.58. The van der Waals surface area contributed by atoms with Crippen LogP contribution in [0.1, 0.15) is 62.8 Å². The van der Waals surface area contributed by atoms with E-state index in [0.29, 0.717) is 17.0 Å². The molecule has 0 radical (unpaired) electrons. The fraction of sp³-hybridized carbons (Fsp3) is 0.286. The molecule has 0 bridgehead atoms. The molecule has 3 aromatic heterocycles. The zero-order chi connectivity index (χ0) is 19.7. The van der Waals surface area contributed by atoms with Crippen LogP contribution in [0.15, 0.2) is 30.6 Å². The number of hydrogen-bond donors (Lipinski definition) is 0. The third-order valence-electron chi connectivity index (χ3n) is 5.89. The summed E-state index contributed by atoms with van der Waals surface area (Å²) in [6.45, 7) is 1.80. The zero-order valence-electron chi connectivity index (χ0n) is 15.8.